The van der Waals surface area contributed by atoms with E-state index in [0.29, 0.717) is 6.04 Å². The van der Waals surface area contributed by atoms with E-state index in [-0.39, 0.29) is 30.2 Å². The Bertz CT molecular complexity index is 567. The molecule has 0 spiro atoms. The molecule has 0 radical (unpaired) electrons. The minimum absolute atomic E-state index is 0.00587. The summed E-state index contributed by atoms with van der Waals surface area (Å²) in [5, 5.41) is 14.6. The lowest BCUT2D eigenvalue weighted by molar-refractivity contribution is -0.125. The molecule has 2 rings (SSSR count). The predicted molar refractivity (Wildman–Crippen MR) is 93.9 cm³/mol. The zero-order valence-electron chi connectivity index (χ0n) is 14.7. The molecule has 2 amide bonds. The van der Waals surface area contributed by atoms with Gasteiger partial charge in [-0.25, -0.2) is 0 Å². The number of rotatable bonds is 7. The van der Waals surface area contributed by atoms with Crippen LogP contribution in [0.3, 0.4) is 0 Å². The number of nitrogens with zero attached hydrogens (tertiary/aromatic N) is 3. The van der Waals surface area contributed by atoms with Crippen LogP contribution in [0.5, 0.6) is 0 Å². The van der Waals surface area contributed by atoms with E-state index in [2.05, 4.69) is 25.4 Å². The highest BCUT2D eigenvalue weighted by Crippen LogP contribution is 2.32. The van der Waals surface area contributed by atoms with Gasteiger partial charge in [-0.1, -0.05) is 31.0 Å². The molecule has 2 N–H and O–H groups in total. The maximum Gasteiger partial charge on any atom is 0.239 e. The lowest BCUT2D eigenvalue weighted by Crippen LogP contribution is -2.40. The van der Waals surface area contributed by atoms with E-state index in [9.17, 15) is 9.59 Å². The van der Waals surface area contributed by atoms with Crippen molar-refractivity contribution in [2.45, 2.75) is 70.1 Å². The Hall–Kier alpha value is -1.57. The number of hydrogen-bond acceptors (Lipinski definition) is 5. The van der Waals surface area contributed by atoms with E-state index < -0.39 is 0 Å². The fraction of sp³-hybridized carbons (Fsp3) is 0.750. The molecule has 0 bridgehead atoms. The highest BCUT2D eigenvalue weighted by molar-refractivity contribution is 7.99. The van der Waals surface area contributed by atoms with Crippen LogP contribution in [0.2, 0.25) is 0 Å². The normalized spacial score (nSPS) is 15.5. The number of amides is 2. The quantitative estimate of drug-likeness (QED) is 0.730. The zero-order chi connectivity index (χ0) is 17.5. The average molecular weight is 353 g/mol. The Morgan fingerprint density at radius 1 is 1.21 bits per heavy atom. The summed E-state index contributed by atoms with van der Waals surface area (Å²) in [7, 11) is 0. The van der Waals surface area contributed by atoms with Gasteiger partial charge < -0.3 is 15.2 Å². The van der Waals surface area contributed by atoms with E-state index in [0.717, 1.165) is 23.8 Å². The molecule has 1 aliphatic carbocycles. The van der Waals surface area contributed by atoms with Crippen LogP contribution in [0, 0.1) is 6.92 Å². The SMILES string of the molecule is Cc1nnc(SCC(=O)NCC(=O)NC(C)C)n1C1CCCCC1. The summed E-state index contributed by atoms with van der Waals surface area (Å²) in [5.41, 5.74) is 0. The van der Waals surface area contributed by atoms with Crippen molar-refractivity contribution in [2.24, 2.45) is 0 Å². The van der Waals surface area contributed by atoms with Gasteiger partial charge in [0.1, 0.15) is 5.82 Å². The van der Waals surface area contributed by atoms with Crippen molar-refractivity contribution < 1.29 is 9.59 Å². The second-order valence-corrected chi connectivity index (χ2v) is 7.42. The molecule has 0 aromatic carbocycles. The zero-order valence-corrected chi connectivity index (χ0v) is 15.5. The number of thioether (sulfide) groups is 1. The standard InChI is InChI=1S/C16H27N5O2S/c1-11(2)18-14(22)9-17-15(23)10-24-16-20-19-12(3)21(16)13-7-5-4-6-8-13/h11,13H,4-10H2,1-3H3,(H,17,23)(H,18,22). The topological polar surface area (TPSA) is 88.9 Å². The molecule has 134 valence electrons. The van der Waals surface area contributed by atoms with Crippen LogP contribution in [0.1, 0.15) is 57.8 Å². The first-order chi connectivity index (χ1) is 11.5. The second kappa shape index (κ2) is 9.05. The third-order valence-corrected chi connectivity index (χ3v) is 4.95. The van der Waals surface area contributed by atoms with Crippen molar-refractivity contribution in [2.75, 3.05) is 12.3 Å². The van der Waals surface area contributed by atoms with E-state index in [1.165, 1.54) is 31.0 Å². The molecule has 8 heteroatoms. The van der Waals surface area contributed by atoms with Gasteiger partial charge in [0.25, 0.3) is 0 Å². The molecule has 0 atom stereocenters. The summed E-state index contributed by atoms with van der Waals surface area (Å²) in [4.78, 5) is 23.5. The molecule has 1 aliphatic rings. The molecule has 1 heterocycles. The van der Waals surface area contributed by atoms with Gasteiger partial charge in [0.15, 0.2) is 5.16 Å². The van der Waals surface area contributed by atoms with Crippen molar-refractivity contribution in [3.8, 4) is 0 Å². The van der Waals surface area contributed by atoms with Gasteiger partial charge in [-0.05, 0) is 33.6 Å². The predicted octanol–water partition coefficient (Wildman–Crippen LogP) is 1.82. The molecule has 0 unspecified atom stereocenters. The summed E-state index contributed by atoms with van der Waals surface area (Å²) >= 11 is 1.38. The monoisotopic (exact) mass is 353 g/mol. The summed E-state index contributed by atoms with van der Waals surface area (Å²) < 4.78 is 2.17. The molecule has 7 nitrogen and oxygen atoms in total. The van der Waals surface area contributed by atoms with Gasteiger partial charge in [-0.2, -0.15) is 0 Å². The third-order valence-electron chi connectivity index (χ3n) is 4.00. The fourth-order valence-electron chi connectivity index (χ4n) is 2.94. The largest absolute Gasteiger partial charge is 0.352 e. The highest BCUT2D eigenvalue weighted by atomic mass is 32.2. The molecular formula is C16H27N5O2S. The maximum absolute atomic E-state index is 11.9. The van der Waals surface area contributed by atoms with Crippen LogP contribution in [0.4, 0.5) is 0 Å². The number of aryl methyl sites for hydroxylation is 1. The first-order valence-electron chi connectivity index (χ1n) is 8.57. The van der Waals surface area contributed by atoms with Gasteiger partial charge in [0.2, 0.25) is 11.8 Å². The molecule has 1 aromatic heterocycles. The number of hydrogen-bond donors (Lipinski definition) is 2. The molecule has 1 aromatic rings. The first-order valence-corrected chi connectivity index (χ1v) is 9.56. The number of nitrogens with one attached hydrogen (secondary N) is 2. The van der Waals surface area contributed by atoms with Gasteiger partial charge >= 0.3 is 0 Å². The highest BCUT2D eigenvalue weighted by Gasteiger charge is 2.21. The molecular weight excluding hydrogens is 326 g/mol. The summed E-state index contributed by atoms with van der Waals surface area (Å²) in [6.07, 6.45) is 6.05. The van der Waals surface area contributed by atoms with Crippen molar-refractivity contribution in [1.29, 1.82) is 0 Å². The van der Waals surface area contributed by atoms with Crippen molar-refractivity contribution in [1.82, 2.24) is 25.4 Å². The Labute approximate surface area is 147 Å². The lowest BCUT2D eigenvalue weighted by atomic mass is 9.95. The summed E-state index contributed by atoms with van der Waals surface area (Å²) in [6.45, 7) is 5.74. The van der Waals surface area contributed by atoms with Crippen LogP contribution in [0.25, 0.3) is 0 Å². The summed E-state index contributed by atoms with van der Waals surface area (Å²) in [5.74, 6) is 0.792. The average Bonchev–Trinajstić information content (AvgIpc) is 2.92. The first kappa shape index (κ1) is 18.8. The van der Waals surface area contributed by atoms with Crippen molar-refractivity contribution in [3.63, 3.8) is 0 Å². The van der Waals surface area contributed by atoms with Crippen LogP contribution < -0.4 is 10.6 Å². The third kappa shape index (κ3) is 5.51. The summed E-state index contributed by atoms with van der Waals surface area (Å²) in [6, 6.07) is 0.511. The van der Waals surface area contributed by atoms with Crippen LogP contribution in [-0.2, 0) is 9.59 Å². The number of carbonyl (C=O) groups is 2. The molecule has 0 aliphatic heterocycles. The lowest BCUT2D eigenvalue weighted by Gasteiger charge is -2.24. The van der Waals surface area contributed by atoms with E-state index in [1.54, 1.807) is 0 Å². The van der Waals surface area contributed by atoms with Gasteiger partial charge in [0.05, 0.1) is 12.3 Å². The molecule has 1 saturated carbocycles. The molecule has 24 heavy (non-hydrogen) atoms. The van der Waals surface area contributed by atoms with Crippen LogP contribution in [0.15, 0.2) is 5.16 Å². The maximum atomic E-state index is 11.9. The minimum Gasteiger partial charge on any atom is -0.352 e. The Morgan fingerprint density at radius 3 is 2.58 bits per heavy atom. The fourth-order valence-corrected chi connectivity index (χ4v) is 3.82. The van der Waals surface area contributed by atoms with Crippen molar-refractivity contribution >= 4 is 23.6 Å². The number of aromatic nitrogens is 3. The molecule has 1 fully saturated rings. The number of carbonyl (C=O) groups excluding carboxylic acids is 2. The Morgan fingerprint density at radius 2 is 1.92 bits per heavy atom. The Kier molecular flexibility index (Phi) is 7.08. The van der Waals surface area contributed by atoms with Crippen LogP contribution >= 0.6 is 11.8 Å². The Balaban J connectivity index is 1.83. The second-order valence-electron chi connectivity index (χ2n) is 6.48. The molecule has 0 saturated heterocycles. The minimum atomic E-state index is -0.176. The van der Waals surface area contributed by atoms with E-state index >= 15 is 0 Å². The van der Waals surface area contributed by atoms with Crippen molar-refractivity contribution in [3.05, 3.63) is 5.82 Å². The van der Waals surface area contributed by atoms with Crippen LogP contribution in [-0.4, -0.2) is 44.9 Å². The smallest absolute Gasteiger partial charge is 0.239 e. The van der Waals surface area contributed by atoms with Gasteiger partial charge in [-0.15, -0.1) is 10.2 Å². The van der Waals surface area contributed by atoms with E-state index in [4.69, 9.17) is 0 Å². The van der Waals surface area contributed by atoms with Gasteiger partial charge in [0, 0.05) is 12.1 Å². The van der Waals surface area contributed by atoms with Gasteiger partial charge in [-0.3, -0.25) is 9.59 Å². The van der Waals surface area contributed by atoms with E-state index in [1.807, 2.05) is 20.8 Å².